The van der Waals surface area contributed by atoms with Crippen LogP contribution in [0.4, 0.5) is 23.1 Å². The van der Waals surface area contributed by atoms with Gasteiger partial charge in [0.25, 0.3) is 0 Å². The van der Waals surface area contributed by atoms with Gasteiger partial charge in [-0.05, 0) is 52.2 Å². The molecule has 0 saturated carbocycles. The molecule has 5 N–H and O–H groups in total. The van der Waals surface area contributed by atoms with Crippen LogP contribution in [-0.2, 0) is 15.8 Å². The van der Waals surface area contributed by atoms with Crippen LogP contribution in [0.2, 0.25) is 0 Å². The lowest BCUT2D eigenvalue weighted by atomic mass is 10.1. The molecule has 154 valence electrons. The van der Waals surface area contributed by atoms with E-state index in [4.69, 9.17) is 5.14 Å². The Kier molecular flexibility index (Phi) is 5.41. The van der Waals surface area contributed by atoms with Crippen molar-refractivity contribution in [2.45, 2.75) is 12.7 Å². The minimum absolute atomic E-state index is 0.284. The van der Waals surface area contributed by atoms with Gasteiger partial charge in [-0.1, -0.05) is 18.2 Å². The smallest absolute Gasteiger partial charge is 0.229 e. The zero-order valence-electron chi connectivity index (χ0n) is 15.8. The minimum atomic E-state index is -3.67. The topological polar surface area (TPSA) is 139 Å². The first-order chi connectivity index (χ1) is 14.3. The van der Waals surface area contributed by atoms with E-state index in [1.807, 2.05) is 19.1 Å². The Balaban J connectivity index is 1.62. The van der Waals surface area contributed by atoms with E-state index in [-0.39, 0.29) is 5.75 Å². The van der Waals surface area contributed by atoms with E-state index in [0.29, 0.717) is 27.5 Å². The highest BCUT2D eigenvalue weighted by atomic mass is 79.9. The summed E-state index contributed by atoms with van der Waals surface area (Å²) in [6, 6.07) is 10.9. The molecule has 0 radical (unpaired) electrons. The van der Waals surface area contributed by atoms with E-state index in [2.05, 4.69) is 46.7 Å². The number of nitrogens with zero attached hydrogens (tertiary/aromatic N) is 3. The Hall–Kier alpha value is -3.02. The number of fused-ring (bicyclic) bond motifs is 1. The molecule has 0 aliphatic rings. The summed E-state index contributed by atoms with van der Waals surface area (Å²) in [4.78, 5) is 8.82. The number of sulfonamides is 1. The summed E-state index contributed by atoms with van der Waals surface area (Å²) in [5.74, 6) is 0.574. The van der Waals surface area contributed by atoms with Crippen molar-refractivity contribution in [3.8, 4) is 0 Å². The van der Waals surface area contributed by atoms with Crippen molar-refractivity contribution in [1.82, 2.24) is 20.2 Å². The zero-order valence-corrected chi connectivity index (χ0v) is 18.3. The summed E-state index contributed by atoms with van der Waals surface area (Å²) in [6.07, 6.45) is 3.40. The number of nitrogens with two attached hydrogens (primary N) is 1. The number of nitrogens with one attached hydrogen (secondary N) is 3. The van der Waals surface area contributed by atoms with Crippen molar-refractivity contribution in [1.29, 1.82) is 0 Å². The molecule has 0 unspecified atom stereocenters. The minimum Gasteiger partial charge on any atom is -0.339 e. The number of aryl methyl sites for hydroxylation is 1. The van der Waals surface area contributed by atoms with Crippen molar-refractivity contribution in [2.75, 3.05) is 10.6 Å². The summed E-state index contributed by atoms with van der Waals surface area (Å²) in [5.41, 5.74) is 3.92. The third-order valence-corrected chi connectivity index (χ3v) is 5.69. The average molecular weight is 488 g/mol. The molecular weight excluding hydrogens is 470 g/mol. The van der Waals surface area contributed by atoms with E-state index in [1.54, 1.807) is 36.7 Å². The molecule has 0 bridgehead atoms. The lowest BCUT2D eigenvalue weighted by molar-refractivity contribution is 0.597. The number of para-hydroxylation sites is 1. The van der Waals surface area contributed by atoms with Crippen LogP contribution < -0.4 is 15.8 Å². The predicted molar refractivity (Wildman–Crippen MR) is 120 cm³/mol. The Morgan fingerprint density at radius 2 is 1.97 bits per heavy atom. The zero-order chi connectivity index (χ0) is 21.3. The number of halogens is 1. The van der Waals surface area contributed by atoms with Gasteiger partial charge in [-0.15, -0.1) is 0 Å². The molecule has 30 heavy (non-hydrogen) atoms. The number of anilines is 4. The van der Waals surface area contributed by atoms with Crippen LogP contribution in [0.3, 0.4) is 0 Å². The van der Waals surface area contributed by atoms with E-state index < -0.39 is 10.0 Å². The van der Waals surface area contributed by atoms with Gasteiger partial charge >= 0.3 is 0 Å². The number of rotatable bonds is 6. The van der Waals surface area contributed by atoms with Crippen LogP contribution in [0.1, 0.15) is 11.1 Å². The van der Waals surface area contributed by atoms with Crippen LogP contribution in [0.15, 0.2) is 53.3 Å². The number of benzene rings is 2. The van der Waals surface area contributed by atoms with Crippen molar-refractivity contribution in [3.63, 3.8) is 0 Å². The molecule has 0 aliphatic heterocycles. The first-order valence-corrected chi connectivity index (χ1v) is 11.4. The Labute approximate surface area is 181 Å². The number of hydrogen-bond donors (Lipinski definition) is 4. The van der Waals surface area contributed by atoms with Gasteiger partial charge in [0.15, 0.2) is 0 Å². The van der Waals surface area contributed by atoms with Crippen LogP contribution in [-0.4, -0.2) is 28.6 Å². The Morgan fingerprint density at radius 1 is 1.17 bits per heavy atom. The maximum atomic E-state index is 11.5. The largest absolute Gasteiger partial charge is 0.339 e. The predicted octanol–water partition coefficient (Wildman–Crippen LogP) is 3.70. The number of hydrogen-bond acceptors (Lipinski definition) is 7. The van der Waals surface area contributed by atoms with Crippen LogP contribution >= 0.6 is 15.9 Å². The highest BCUT2D eigenvalue weighted by Crippen LogP contribution is 2.28. The first kappa shape index (κ1) is 20.3. The molecule has 0 atom stereocenters. The van der Waals surface area contributed by atoms with Gasteiger partial charge in [-0.2, -0.15) is 10.1 Å². The van der Waals surface area contributed by atoms with Crippen molar-refractivity contribution in [3.05, 3.63) is 64.4 Å². The Bertz CT molecular complexity index is 1340. The number of H-pyrrole nitrogens is 1. The lowest BCUT2D eigenvalue weighted by Crippen LogP contribution is -2.15. The molecule has 9 nitrogen and oxygen atoms in total. The van der Waals surface area contributed by atoms with E-state index in [1.165, 1.54) is 0 Å². The molecule has 0 amide bonds. The monoisotopic (exact) mass is 487 g/mol. The van der Waals surface area contributed by atoms with Gasteiger partial charge in [0.2, 0.25) is 16.0 Å². The fraction of sp³-hybridized carbons (Fsp3) is 0.105. The van der Waals surface area contributed by atoms with Gasteiger partial charge in [0.1, 0.15) is 5.82 Å². The maximum absolute atomic E-state index is 11.5. The molecular formula is C19H18BrN7O2S. The first-order valence-electron chi connectivity index (χ1n) is 8.87. The fourth-order valence-electron chi connectivity index (χ4n) is 3.06. The van der Waals surface area contributed by atoms with Gasteiger partial charge < -0.3 is 10.6 Å². The second-order valence-electron chi connectivity index (χ2n) is 6.73. The highest BCUT2D eigenvalue weighted by molar-refractivity contribution is 9.10. The normalized spacial score (nSPS) is 11.6. The third-order valence-electron chi connectivity index (χ3n) is 4.39. The van der Waals surface area contributed by atoms with Crippen molar-refractivity contribution >= 4 is 60.0 Å². The number of aromatic nitrogens is 4. The van der Waals surface area contributed by atoms with Crippen molar-refractivity contribution in [2.24, 2.45) is 5.14 Å². The summed E-state index contributed by atoms with van der Waals surface area (Å²) in [6.45, 7) is 2.00. The van der Waals surface area contributed by atoms with Gasteiger partial charge in [0, 0.05) is 23.0 Å². The molecule has 0 aliphatic carbocycles. The number of primary sulfonamides is 1. The molecule has 0 fully saturated rings. The highest BCUT2D eigenvalue weighted by Gasteiger charge is 2.13. The maximum Gasteiger partial charge on any atom is 0.229 e. The average Bonchev–Trinajstić information content (AvgIpc) is 3.14. The third kappa shape index (κ3) is 4.58. The SMILES string of the molecule is Cc1cc(Nc2ncc(Br)c(Nc3ccccc3CS(N)(=O)=O)n2)cc2[nH]ncc12. The summed E-state index contributed by atoms with van der Waals surface area (Å²) >= 11 is 3.43. The fourth-order valence-corrected chi connectivity index (χ4v) is 4.03. The standard InChI is InChI=1S/C19H18BrN7O2S/c1-11-6-13(7-17-14(11)8-23-27-17)24-19-22-9-15(20)18(26-19)25-16-5-3-2-4-12(16)10-30(21,28)29/h2-9H,10H2,1H3,(H,23,27)(H2,21,28,29)(H2,22,24,25,26). The molecule has 2 heterocycles. The molecule has 4 rings (SSSR count). The Morgan fingerprint density at radius 3 is 2.77 bits per heavy atom. The molecule has 0 spiro atoms. The van der Waals surface area contributed by atoms with Crippen LogP contribution in [0, 0.1) is 6.92 Å². The van der Waals surface area contributed by atoms with Crippen LogP contribution in [0.5, 0.6) is 0 Å². The summed E-state index contributed by atoms with van der Waals surface area (Å²) in [5, 5.41) is 19.6. The molecule has 11 heteroatoms. The lowest BCUT2D eigenvalue weighted by Gasteiger charge is -2.13. The van der Waals surface area contributed by atoms with Gasteiger partial charge in [-0.25, -0.2) is 18.5 Å². The van der Waals surface area contributed by atoms with Gasteiger partial charge in [0.05, 0.1) is 21.9 Å². The van der Waals surface area contributed by atoms with Gasteiger partial charge in [-0.3, -0.25) is 5.10 Å². The quantitative estimate of drug-likeness (QED) is 0.325. The summed E-state index contributed by atoms with van der Waals surface area (Å²) < 4.78 is 23.7. The van der Waals surface area contributed by atoms with E-state index >= 15 is 0 Å². The molecule has 4 aromatic rings. The number of aromatic amines is 1. The molecule has 2 aromatic heterocycles. The van der Waals surface area contributed by atoms with E-state index in [9.17, 15) is 8.42 Å². The molecule has 2 aromatic carbocycles. The second kappa shape index (κ2) is 8.01. The second-order valence-corrected chi connectivity index (χ2v) is 9.20. The van der Waals surface area contributed by atoms with Crippen molar-refractivity contribution < 1.29 is 8.42 Å². The summed E-state index contributed by atoms with van der Waals surface area (Å²) in [7, 11) is -3.67. The molecule has 0 saturated heterocycles. The van der Waals surface area contributed by atoms with Crippen LogP contribution in [0.25, 0.3) is 10.9 Å². The van der Waals surface area contributed by atoms with E-state index in [0.717, 1.165) is 22.2 Å².